The smallest absolute Gasteiger partial charge is 0.242 e. The van der Waals surface area contributed by atoms with Gasteiger partial charge < -0.3 is 0 Å². The molecular formula is C8H8BrN5O2S. The lowest BCUT2D eigenvalue weighted by atomic mass is 10.5. The minimum absolute atomic E-state index is 0.0504. The second kappa shape index (κ2) is 4.90. The molecular weight excluding hydrogens is 310 g/mol. The number of hydrogen-bond donors (Lipinski definition) is 2. The van der Waals surface area contributed by atoms with Crippen LogP contribution in [0.2, 0.25) is 0 Å². The van der Waals surface area contributed by atoms with Gasteiger partial charge in [0.05, 0.1) is 6.54 Å². The lowest BCUT2D eigenvalue weighted by Crippen LogP contribution is -2.24. The van der Waals surface area contributed by atoms with E-state index in [1.165, 1.54) is 24.8 Å². The van der Waals surface area contributed by atoms with Crippen molar-refractivity contribution in [2.45, 2.75) is 11.4 Å². The third kappa shape index (κ3) is 3.08. The molecule has 0 amide bonds. The third-order valence-electron chi connectivity index (χ3n) is 1.88. The largest absolute Gasteiger partial charge is 0.262 e. The molecule has 0 aromatic carbocycles. The molecule has 90 valence electrons. The van der Waals surface area contributed by atoms with Crippen molar-refractivity contribution in [3.8, 4) is 0 Å². The molecule has 2 N–H and O–H groups in total. The normalized spacial score (nSPS) is 11.6. The van der Waals surface area contributed by atoms with Crippen LogP contribution in [-0.4, -0.2) is 28.6 Å². The number of halogens is 1. The van der Waals surface area contributed by atoms with Gasteiger partial charge in [-0.3, -0.25) is 10.1 Å². The summed E-state index contributed by atoms with van der Waals surface area (Å²) in [6, 6.07) is 1.47. The number of pyridine rings is 1. The summed E-state index contributed by atoms with van der Waals surface area (Å²) in [4.78, 5) is 7.69. The maximum absolute atomic E-state index is 11.8. The van der Waals surface area contributed by atoms with Crippen molar-refractivity contribution >= 4 is 26.0 Å². The molecule has 9 heteroatoms. The van der Waals surface area contributed by atoms with E-state index in [0.29, 0.717) is 10.3 Å². The SMILES string of the molecule is O=S(=O)(NCc1ncn[nH]1)c1cncc(Br)c1. The number of nitrogens with one attached hydrogen (secondary N) is 2. The van der Waals surface area contributed by atoms with Crippen LogP contribution in [0, 0.1) is 0 Å². The summed E-state index contributed by atoms with van der Waals surface area (Å²) in [5, 5.41) is 6.18. The molecule has 0 radical (unpaired) electrons. The predicted octanol–water partition coefficient (Wildman–Crippen LogP) is 0.441. The van der Waals surface area contributed by atoms with Crippen molar-refractivity contribution in [2.75, 3.05) is 0 Å². The van der Waals surface area contributed by atoms with Gasteiger partial charge in [-0.2, -0.15) is 5.10 Å². The Bertz CT molecular complexity index is 598. The number of aromatic nitrogens is 4. The van der Waals surface area contributed by atoms with E-state index in [0.717, 1.165) is 0 Å². The van der Waals surface area contributed by atoms with E-state index >= 15 is 0 Å². The number of H-pyrrole nitrogens is 1. The summed E-state index contributed by atoms with van der Waals surface area (Å²) < 4.78 is 26.7. The highest BCUT2D eigenvalue weighted by atomic mass is 79.9. The number of sulfonamides is 1. The summed E-state index contributed by atoms with van der Waals surface area (Å²) in [7, 11) is -3.59. The van der Waals surface area contributed by atoms with E-state index in [4.69, 9.17) is 0 Å². The fourth-order valence-corrected chi connectivity index (χ4v) is 2.59. The van der Waals surface area contributed by atoms with Crippen LogP contribution in [-0.2, 0) is 16.6 Å². The summed E-state index contributed by atoms with van der Waals surface area (Å²) in [6.45, 7) is 0.0504. The summed E-state index contributed by atoms with van der Waals surface area (Å²) >= 11 is 3.16. The molecule has 0 fully saturated rings. The molecule has 2 aromatic heterocycles. The van der Waals surface area contributed by atoms with Gasteiger partial charge in [-0.25, -0.2) is 18.1 Å². The molecule has 2 rings (SSSR count). The second-order valence-corrected chi connectivity index (χ2v) is 5.78. The molecule has 17 heavy (non-hydrogen) atoms. The molecule has 0 aliphatic rings. The van der Waals surface area contributed by atoms with Gasteiger partial charge in [0, 0.05) is 16.9 Å². The number of hydrogen-bond acceptors (Lipinski definition) is 5. The first kappa shape index (κ1) is 12.1. The van der Waals surface area contributed by atoms with Gasteiger partial charge >= 0.3 is 0 Å². The lowest BCUT2D eigenvalue weighted by Gasteiger charge is -2.04. The molecule has 0 bridgehead atoms. The molecule has 0 spiro atoms. The highest BCUT2D eigenvalue weighted by Gasteiger charge is 2.14. The van der Waals surface area contributed by atoms with Crippen molar-refractivity contribution in [1.29, 1.82) is 0 Å². The zero-order valence-corrected chi connectivity index (χ0v) is 10.9. The van der Waals surface area contributed by atoms with Gasteiger partial charge in [-0.15, -0.1) is 0 Å². The summed E-state index contributed by atoms with van der Waals surface area (Å²) in [6.07, 6.45) is 4.09. The van der Waals surface area contributed by atoms with E-state index in [-0.39, 0.29) is 11.4 Å². The van der Waals surface area contributed by atoms with Crippen LogP contribution in [0.15, 0.2) is 34.2 Å². The van der Waals surface area contributed by atoms with E-state index in [1.807, 2.05) is 0 Å². The van der Waals surface area contributed by atoms with E-state index < -0.39 is 10.0 Å². The molecule has 0 aliphatic carbocycles. The predicted molar refractivity (Wildman–Crippen MR) is 62.3 cm³/mol. The molecule has 0 saturated heterocycles. The third-order valence-corrected chi connectivity index (χ3v) is 3.69. The van der Waals surface area contributed by atoms with Crippen LogP contribution in [0.4, 0.5) is 0 Å². The minimum Gasteiger partial charge on any atom is -0.262 e. The lowest BCUT2D eigenvalue weighted by molar-refractivity contribution is 0.579. The monoisotopic (exact) mass is 317 g/mol. The van der Waals surface area contributed by atoms with Crippen molar-refractivity contribution in [1.82, 2.24) is 24.9 Å². The summed E-state index contributed by atoms with van der Waals surface area (Å²) in [5.41, 5.74) is 0. The first-order chi connectivity index (χ1) is 8.08. The van der Waals surface area contributed by atoms with Crippen molar-refractivity contribution in [3.63, 3.8) is 0 Å². The zero-order valence-electron chi connectivity index (χ0n) is 8.46. The van der Waals surface area contributed by atoms with Crippen molar-refractivity contribution in [3.05, 3.63) is 35.1 Å². The van der Waals surface area contributed by atoms with Crippen LogP contribution < -0.4 is 4.72 Å². The average molecular weight is 318 g/mol. The molecule has 2 heterocycles. The Hall–Kier alpha value is -1.32. The first-order valence-corrected chi connectivity index (χ1v) is 6.80. The Morgan fingerprint density at radius 2 is 2.24 bits per heavy atom. The van der Waals surface area contributed by atoms with Crippen LogP contribution in [0.3, 0.4) is 0 Å². The van der Waals surface area contributed by atoms with Crippen LogP contribution >= 0.6 is 15.9 Å². The van der Waals surface area contributed by atoms with Crippen LogP contribution in [0.5, 0.6) is 0 Å². The van der Waals surface area contributed by atoms with Gasteiger partial charge in [0.25, 0.3) is 0 Å². The fraction of sp³-hybridized carbons (Fsp3) is 0.125. The Kier molecular flexibility index (Phi) is 3.50. The molecule has 7 nitrogen and oxygen atoms in total. The number of aromatic amines is 1. The maximum Gasteiger partial charge on any atom is 0.242 e. The Morgan fingerprint density at radius 3 is 2.88 bits per heavy atom. The number of nitrogens with zero attached hydrogens (tertiary/aromatic N) is 3. The highest BCUT2D eigenvalue weighted by Crippen LogP contribution is 2.14. The van der Waals surface area contributed by atoms with Crippen molar-refractivity contribution < 1.29 is 8.42 Å². The fourth-order valence-electron chi connectivity index (χ4n) is 1.10. The zero-order chi connectivity index (χ0) is 12.3. The van der Waals surface area contributed by atoms with Crippen LogP contribution in [0.25, 0.3) is 0 Å². The number of rotatable bonds is 4. The Morgan fingerprint density at radius 1 is 1.41 bits per heavy atom. The quantitative estimate of drug-likeness (QED) is 0.852. The molecule has 0 aliphatic heterocycles. The van der Waals surface area contributed by atoms with Gasteiger partial charge in [0.1, 0.15) is 17.0 Å². The Balaban J connectivity index is 2.14. The standard InChI is InChI=1S/C8H8BrN5O2S/c9-6-1-7(3-10-2-6)17(15,16)13-4-8-11-5-12-14-8/h1-3,5,13H,4H2,(H,11,12,14). The maximum atomic E-state index is 11.8. The van der Waals surface area contributed by atoms with Gasteiger partial charge in [0.2, 0.25) is 10.0 Å². The molecule has 0 saturated carbocycles. The van der Waals surface area contributed by atoms with Gasteiger partial charge in [-0.05, 0) is 22.0 Å². The Labute approximate surface area is 106 Å². The molecule has 0 atom stereocenters. The minimum atomic E-state index is -3.59. The molecule has 2 aromatic rings. The molecule has 0 unspecified atom stereocenters. The summed E-state index contributed by atoms with van der Waals surface area (Å²) in [5.74, 6) is 0.441. The van der Waals surface area contributed by atoms with Crippen molar-refractivity contribution in [2.24, 2.45) is 0 Å². The van der Waals surface area contributed by atoms with Gasteiger partial charge in [0.15, 0.2) is 0 Å². The van der Waals surface area contributed by atoms with E-state index in [9.17, 15) is 8.42 Å². The van der Waals surface area contributed by atoms with Gasteiger partial charge in [-0.1, -0.05) is 0 Å². The van der Waals surface area contributed by atoms with E-state index in [2.05, 4.69) is 40.8 Å². The topological polar surface area (TPSA) is 101 Å². The second-order valence-electron chi connectivity index (χ2n) is 3.10. The average Bonchev–Trinajstić information content (AvgIpc) is 2.79. The first-order valence-electron chi connectivity index (χ1n) is 4.52. The highest BCUT2D eigenvalue weighted by molar-refractivity contribution is 9.10. The van der Waals surface area contributed by atoms with Crippen LogP contribution in [0.1, 0.15) is 5.82 Å². The van der Waals surface area contributed by atoms with E-state index in [1.54, 1.807) is 0 Å².